The van der Waals surface area contributed by atoms with Gasteiger partial charge in [0.2, 0.25) is 10.0 Å². The zero-order valence-electron chi connectivity index (χ0n) is 15.4. The van der Waals surface area contributed by atoms with Crippen molar-refractivity contribution in [1.82, 2.24) is 19.1 Å². The van der Waals surface area contributed by atoms with Gasteiger partial charge in [0.1, 0.15) is 9.77 Å². The van der Waals surface area contributed by atoms with Crippen LogP contribution in [-0.2, 0) is 16.6 Å². The summed E-state index contributed by atoms with van der Waals surface area (Å²) in [7, 11) is -3.69. The van der Waals surface area contributed by atoms with Gasteiger partial charge >= 0.3 is 0 Å². The Hall–Kier alpha value is -2.21. The van der Waals surface area contributed by atoms with E-state index in [0.717, 1.165) is 28.5 Å². The molecule has 0 bridgehead atoms. The van der Waals surface area contributed by atoms with Gasteiger partial charge in [-0.25, -0.2) is 8.42 Å². The van der Waals surface area contributed by atoms with E-state index in [1.807, 2.05) is 18.2 Å². The Kier molecular flexibility index (Phi) is 5.99. The molecule has 29 heavy (non-hydrogen) atoms. The molecule has 3 aromatic heterocycles. The second kappa shape index (κ2) is 8.66. The van der Waals surface area contributed by atoms with Crippen LogP contribution in [-0.4, -0.2) is 58.0 Å². The third kappa shape index (κ3) is 4.53. The van der Waals surface area contributed by atoms with Crippen LogP contribution in [0.2, 0.25) is 0 Å². The zero-order valence-corrected chi connectivity index (χ0v) is 17.8. The van der Waals surface area contributed by atoms with Gasteiger partial charge in [-0.15, -0.1) is 11.3 Å². The third-order valence-corrected chi connectivity index (χ3v) is 8.28. The maximum Gasteiger partial charge on any atom is 0.268 e. The number of carbonyl (C=O) groups excluding carboxylic acids is 1. The first-order valence-electron chi connectivity index (χ1n) is 8.94. The smallest absolute Gasteiger partial charge is 0.268 e. The van der Waals surface area contributed by atoms with E-state index in [1.165, 1.54) is 10.4 Å². The van der Waals surface area contributed by atoms with Crippen molar-refractivity contribution in [2.75, 3.05) is 29.9 Å². The van der Waals surface area contributed by atoms with Gasteiger partial charge in [0, 0.05) is 43.1 Å². The molecule has 0 spiro atoms. The zero-order chi connectivity index (χ0) is 20.3. The van der Waals surface area contributed by atoms with Crippen LogP contribution in [0.4, 0.5) is 5.82 Å². The first kappa shape index (κ1) is 20.1. The number of pyridine rings is 1. The van der Waals surface area contributed by atoms with Crippen molar-refractivity contribution in [1.29, 1.82) is 0 Å². The molecule has 4 heterocycles. The minimum Gasteiger partial charge on any atom is -0.304 e. The second-order valence-electron chi connectivity index (χ2n) is 6.30. The number of sulfonamides is 1. The molecule has 1 saturated heterocycles. The Morgan fingerprint density at radius 1 is 1.17 bits per heavy atom. The van der Waals surface area contributed by atoms with Gasteiger partial charge in [-0.05, 0) is 23.6 Å². The molecule has 8 nitrogen and oxygen atoms in total. The van der Waals surface area contributed by atoms with Gasteiger partial charge in [-0.1, -0.05) is 6.07 Å². The quantitative estimate of drug-likeness (QED) is 0.621. The highest BCUT2D eigenvalue weighted by atomic mass is 32.2. The van der Waals surface area contributed by atoms with Crippen LogP contribution >= 0.6 is 23.1 Å². The van der Waals surface area contributed by atoms with Crippen molar-refractivity contribution in [2.24, 2.45) is 0 Å². The Balaban J connectivity index is 1.48. The van der Waals surface area contributed by atoms with Crippen molar-refractivity contribution >= 4 is 44.8 Å². The van der Waals surface area contributed by atoms with Crippen LogP contribution in [0.15, 0.2) is 53.0 Å². The number of aromatic nitrogens is 3. The molecule has 152 valence electrons. The number of carbonyl (C=O) groups is 1. The summed E-state index contributed by atoms with van der Waals surface area (Å²) in [5, 5.41) is 8.65. The lowest BCUT2D eigenvalue weighted by atomic mass is 10.3. The summed E-state index contributed by atoms with van der Waals surface area (Å²) in [4.78, 5) is 17.2. The van der Waals surface area contributed by atoms with Crippen LogP contribution in [0.3, 0.4) is 0 Å². The minimum atomic E-state index is -3.69. The van der Waals surface area contributed by atoms with E-state index in [4.69, 9.17) is 0 Å². The van der Waals surface area contributed by atoms with Gasteiger partial charge in [0.05, 0.1) is 12.2 Å². The third-order valence-electron chi connectivity index (χ3n) is 4.36. The highest BCUT2D eigenvalue weighted by Gasteiger charge is 2.31. The van der Waals surface area contributed by atoms with Crippen molar-refractivity contribution in [3.63, 3.8) is 0 Å². The predicted octanol–water partition coefficient (Wildman–Crippen LogP) is 2.38. The number of rotatable bonds is 6. The normalized spacial score (nSPS) is 15.3. The van der Waals surface area contributed by atoms with E-state index >= 15 is 0 Å². The van der Waals surface area contributed by atoms with E-state index in [2.05, 4.69) is 15.4 Å². The fraction of sp³-hybridized carbons (Fsp3) is 0.278. The number of anilines is 1. The summed E-state index contributed by atoms with van der Waals surface area (Å²) in [5.41, 5.74) is 0.847. The Labute approximate surface area is 177 Å². The summed E-state index contributed by atoms with van der Waals surface area (Å²) < 4.78 is 29.0. The minimum absolute atomic E-state index is 0.0554. The summed E-state index contributed by atoms with van der Waals surface area (Å²) in [6.07, 6.45) is 3.45. The van der Waals surface area contributed by atoms with E-state index < -0.39 is 15.9 Å². The van der Waals surface area contributed by atoms with Crippen molar-refractivity contribution in [3.05, 3.63) is 58.7 Å². The lowest BCUT2D eigenvalue weighted by molar-refractivity contribution is 0.102. The van der Waals surface area contributed by atoms with Crippen LogP contribution in [0.25, 0.3) is 0 Å². The number of thiophene rings is 1. The first-order valence-corrected chi connectivity index (χ1v) is 12.4. The van der Waals surface area contributed by atoms with Gasteiger partial charge in [-0.3, -0.25) is 14.5 Å². The molecule has 0 radical (unpaired) electrons. The number of nitrogens with zero attached hydrogens (tertiary/aromatic N) is 4. The van der Waals surface area contributed by atoms with Crippen molar-refractivity contribution < 1.29 is 13.2 Å². The molecule has 1 fully saturated rings. The lowest BCUT2D eigenvalue weighted by Gasteiger charge is -2.25. The summed E-state index contributed by atoms with van der Waals surface area (Å²) >= 11 is 2.84. The van der Waals surface area contributed by atoms with E-state index in [-0.39, 0.29) is 9.77 Å². The second-order valence-corrected chi connectivity index (χ2v) is 10.4. The average Bonchev–Trinajstić information content (AvgIpc) is 3.39. The van der Waals surface area contributed by atoms with E-state index in [1.54, 1.807) is 40.3 Å². The molecule has 1 N–H and O–H groups in total. The molecule has 0 unspecified atom stereocenters. The van der Waals surface area contributed by atoms with Gasteiger partial charge in [0.25, 0.3) is 5.91 Å². The first-order chi connectivity index (χ1) is 14.0. The SMILES string of the molecule is O=C(Nc1ccn(Cc2ccccn2)n1)c1sccc1S(=O)(=O)N1CCSCC1. The average molecular weight is 450 g/mol. The van der Waals surface area contributed by atoms with Crippen LogP contribution < -0.4 is 5.32 Å². The summed E-state index contributed by atoms with van der Waals surface area (Å²) in [6, 6.07) is 8.80. The molecular weight excluding hydrogens is 430 g/mol. The Morgan fingerprint density at radius 3 is 2.76 bits per heavy atom. The van der Waals surface area contributed by atoms with E-state index in [0.29, 0.717) is 25.5 Å². The number of thioether (sulfide) groups is 1. The van der Waals surface area contributed by atoms with Gasteiger partial charge < -0.3 is 5.32 Å². The summed E-state index contributed by atoms with van der Waals surface area (Å²) in [5.74, 6) is 1.40. The standard InChI is InChI=1S/C18H19N5O3S3/c24-18(20-16-4-7-22(21-16)13-14-3-1-2-6-19-14)17-15(5-10-28-17)29(25,26)23-8-11-27-12-9-23/h1-7,10H,8-9,11-13H2,(H,20,21,24). The van der Waals surface area contributed by atoms with E-state index in [9.17, 15) is 13.2 Å². The molecule has 1 aliphatic rings. The number of hydrogen-bond acceptors (Lipinski definition) is 7. The number of nitrogens with one attached hydrogen (secondary N) is 1. The molecule has 1 amide bonds. The molecule has 0 aromatic carbocycles. The Morgan fingerprint density at radius 2 is 2.00 bits per heavy atom. The fourth-order valence-electron chi connectivity index (χ4n) is 2.94. The summed E-state index contributed by atoms with van der Waals surface area (Å²) in [6.45, 7) is 1.39. The van der Waals surface area contributed by atoms with Gasteiger partial charge in [-0.2, -0.15) is 21.2 Å². The largest absolute Gasteiger partial charge is 0.304 e. The Bertz CT molecular complexity index is 1090. The topological polar surface area (TPSA) is 97.2 Å². The van der Waals surface area contributed by atoms with Crippen LogP contribution in [0, 0.1) is 0 Å². The molecule has 0 aliphatic carbocycles. The highest BCUT2D eigenvalue weighted by Crippen LogP contribution is 2.27. The van der Waals surface area contributed by atoms with Crippen LogP contribution in [0.5, 0.6) is 0 Å². The molecule has 11 heteroatoms. The molecule has 0 atom stereocenters. The number of hydrogen-bond donors (Lipinski definition) is 1. The maximum absolute atomic E-state index is 13.0. The highest BCUT2D eigenvalue weighted by molar-refractivity contribution is 7.99. The molecule has 4 rings (SSSR count). The number of amides is 1. The van der Waals surface area contributed by atoms with Crippen molar-refractivity contribution in [3.8, 4) is 0 Å². The lowest BCUT2D eigenvalue weighted by Crippen LogP contribution is -2.38. The molecular formula is C18H19N5O3S3. The maximum atomic E-state index is 13.0. The van der Waals surface area contributed by atoms with Crippen LogP contribution in [0.1, 0.15) is 15.4 Å². The fourth-order valence-corrected chi connectivity index (χ4v) is 6.81. The molecule has 1 aliphatic heterocycles. The molecule has 3 aromatic rings. The predicted molar refractivity (Wildman–Crippen MR) is 114 cm³/mol. The van der Waals surface area contributed by atoms with Crippen molar-refractivity contribution in [2.45, 2.75) is 11.4 Å². The van der Waals surface area contributed by atoms with Gasteiger partial charge in [0.15, 0.2) is 5.82 Å². The monoisotopic (exact) mass is 449 g/mol. The molecule has 0 saturated carbocycles.